The zero-order valence-corrected chi connectivity index (χ0v) is 8.77. The Morgan fingerprint density at radius 3 is 2.62 bits per heavy atom. The Kier molecular flexibility index (Phi) is 2.77. The van der Waals surface area contributed by atoms with Crippen molar-refractivity contribution in [1.82, 2.24) is 0 Å². The Morgan fingerprint density at radius 2 is 1.94 bits per heavy atom. The van der Waals surface area contributed by atoms with E-state index in [1.165, 1.54) is 6.07 Å². The first kappa shape index (κ1) is 10.5. The van der Waals surface area contributed by atoms with Gasteiger partial charge in [0.05, 0.1) is 7.11 Å². The molecule has 0 bridgehead atoms. The third-order valence-electron chi connectivity index (χ3n) is 2.33. The van der Waals surface area contributed by atoms with Crippen LogP contribution in [0.15, 0.2) is 42.5 Å². The molecule has 0 aromatic heterocycles. The minimum atomic E-state index is -0.451. The fourth-order valence-corrected chi connectivity index (χ4v) is 1.53. The quantitative estimate of drug-likeness (QED) is 0.838. The summed E-state index contributed by atoms with van der Waals surface area (Å²) in [4.78, 5) is 0. The molecule has 0 unspecified atom stereocenters. The maximum Gasteiger partial charge on any atom is 0.134 e. The summed E-state index contributed by atoms with van der Waals surface area (Å²) < 4.78 is 18.6. The Hall–Kier alpha value is -2.03. The predicted octanol–water partition coefficient (Wildman–Crippen LogP) is 3.21. The summed E-state index contributed by atoms with van der Waals surface area (Å²) in [5.41, 5.74) is 1.16. The second kappa shape index (κ2) is 4.23. The van der Waals surface area contributed by atoms with Crippen molar-refractivity contribution in [1.29, 1.82) is 0 Å². The van der Waals surface area contributed by atoms with E-state index in [4.69, 9.17) is 9.84 Å². The Bertz CT molecular complexity index is 509. The van der Waals surface area contributed by atoms with Gasteiger partial charge < -0.3 is 9.84 Å². The Morgan fingerprint density at radius 1 is 1.12 bits per heavy atom. The Balaban J connectivity index is 2.49. The third kappa shape index (κ3) is 1.98. The number of hydrogen-bond acceptors (Lipinski definition) is 2. The molecule has 0 heterocycles. The molecule has 0 amide bonds. The third-order valence-corrected chi connectivity index (χ3v) is 2.33. The van der Waals surface area contributed by atoms with Crippen LogP contribution < -0.4 is 4.74 Å². The molecule has 2 aromatic rings. The molecule has 16 heavy (non-hydrogen) atoms. The van der Waals surface area contributed by atoms with E-state index in [0.717, 1.165) is 11.6 Å². The molecule has 2 rings (SSSR count). The summed E-state index contributed by atoms with van der Waals surface area (Å²) in [6, 6.07) is 11.2. The number of aromatic hydroxyl groups is 1. The highest BCUT2D eigenvalue weighted by molar-refractivity contribution is 5.66. The van der Waals surface area contributed by atoms with Crippen molar-refractivity contribution in [3.63, 3.8) is 0 Å². The highest BCUT2D eigenvalue weighted by Crippen LogP contribution is 2.28. The summed E-state index contributed by atoms with van der Waals surface area (Å²) in [5, 5.41) is 9.12. The van der Waals surface area contributed by atoms with Crippen LogP contribution in [0.3, 0.4) is 0 Å². The van der Waals surface area contributed by atoms with E-state index in [1.54, 1.807) is 37.4 Å². The van der Waals surface area contributed by atoms with Gasteiger partial charge in [0.2, 0.25) is 0 Å². The van der Waals surface area contributed by atoms with E-state index in [0.29, 0.717) is 11.3 Å². The fraction of sp³-hybridized carbons (Fsp3) is 0.0769. The van der Waals surface area contributed by atoms with Crippen molar-refractivity contribution in [2.45, 2.75) is 0 Å². The number of benzene rings is 2. The van der Waals surface area contributed by atoms with Gasteiger partial charge in [-0.15, -0.1) is 0 Å². The monoisotopic (exact) mass is 218 g/mol. The maximum absolute atomic E-state index is 13.6. The van der Waals surface area contributed by atoms with Gasteiger partial charge in [0.25, 0.3) is 0 Å². The Labute approximate surface area is 92.9 Å². The molecule has 0 aliphatic carbocycles. The first-order valence-electron chi connectivity index (χ1n) is 4.83. The van der Waals surface area contributed by atoms with E-state index in [9.17, 15) is 4.39 Å². The molecule has 0 fully saturated rings. The van der Waals surface area contributed by atoms with Crippen molar-refractivity contribution in [2.75, 3.05) is 7.11 Å². The molecule has 2 nitrogen and oxygen atoms in total. The first-order chi connectivity index (χ1) is 7.70. The van der Waals surface area contributed by atoms with Gasteiger partial charge in [0, 0.05) is 11.6 Å². The van der Waals surface area contributed by atoms with Crippen LogP contribution in [0.5, 0.6) is 11.5 Å². The number of halogens is 1. The van der Waals surface area contributed by atoms with E-state index in [2.05, 4.69) is 0 Å². The lowest BCUT2D eigenvalue weighted by atomic mass is 10.0. The van der Waals surface area contributed by atoms with Gasteiger partial charge in [0.1, 0.15) is 17.3 Å². The zero-order chi connectivity index (χ0) is 11.5. The van der Waals surface area contributed by atoms with Crippen LogP contribution in [0.4, 0.5) is 4.39 Å². The first-order valence-corrected chi connectivity index (χ1v) is 4.83. The molecular weight excluding hydrogens is 207 g/mol. The SMILES string of the molecule is COc1cccc(-c2ccc(O)cc2F)c1. The largest absolute Gasteiger partial charge is 0.508 e. The van der Waals surface area contributed by atoms with E-state index in [-0.39, 0.29) is 5.75 Å². The molecule has 2 aromatic carbocycles. The average Bonchev–Trinajstić information content (AvgIpc) is 2.29. The number of rotatable bonds is 2. The normalized spacial score (nSPS) is 10.1. The number of methoxy groups -OCH3 is 1. The molecule has 1 N–H and O–H groups in total. The molecule has 0 saturated carbocycles. The summed E-state index contributed by atoms with van der Waals surface area (Å²) in [7, 11) is 1.56. The van der Waals surface area contributed by atoms with Crippen LogP contribution in [0.1, 0.15) is 0 Å². The number of hydrogen-bond donors (Lipinski definition) is 1. The number of ether oxygens (including phenoxy) is 1. The minimum absolute atomic E-state index is 0.0795. The maximum atomic E-state index is 13.6. The van der Waals surface area contributed by atoms with E-state index < -0.39 is 5.82 Å². The summed E-state index contributed by atoms with van der Waals surface area (Å²) in [6.07, 6.45) is 0. The highest BCUT2D eigenvalue weighted by atomic mass is 19.1. The van der Waals surface area contributed by atoms with Crippen molar-refractivity contribution in [2.24, 2.45) is 0 Å². The second-order valence-corrected chi connectivity index (χ2v) is 3.40. The van der Waals surface area contributed by atoms with Gasteiger partial charge in [-0.3, -0.25) is 0 Å². The molecule has 0 saturated heterocycles. The zero-order valence-electron chi connectivity index (χ0n) is 8.77. The molecule has 3 heteroatoms. The molecule has 82 valence electrons. The van der Waals surface area contributed by atoms with E-state index >= 15 is 0 Å². The van der Waals surface area contributed by atoms with Crippen molar-refractivity contribution < 1.29 is 14.2 Å². The van der Waals surface area contributed by atoms with Crippen LogP contribution >= 0.6 is 0 Å². The molecular formula is C13H11FO2. The van der Waals surface area contributed by atoms with Crippen LogP contribution in [0, 0.1) is 5.82 Å². The van der Waals surface area contributed by atoms with Crippen molar-refractivity contribution in [3.05, 3.63) is 48.3 Å². The van der Waals surface area contributed by atoms with Gasteiger partial charge in [-0.05, 0) is 29.8 Å². The molecule has 0 aliphatic rings. The van der Waals surface area contributed by atoms with Crippen molar-refractivity contribution >= 4 is 0 Å². The molecule has 0 atom stereocenters. The average molecular weight is 218 g/mol. The fourth-order valence-electron chi connectivity index (χ4n) is 1.53. The van der Waals surface area contributed by atoms with Gasteiger partial charge in [0.15, 0.2) is 0 Å². The summed E-state index contributed by atoms with van der Waals surface area (Å²) in [6.45, 7) is 0. The summed E-state index contributed by atoms with van der Waals surface area (Å²) >= 11 is 0. The van der Waals surface area contributed by atoms with Crippen LogP contribution in [-0.2, 0) is 0 Å². The van der Waals surface area contributed by atoms with Gasteiger partial charge >= 0.3 is 0 Å². The van der Waals surface area contributed by atoms with Crippen molar-refractivity contribution in [3.8, 4) is 22.6 Å². The number of phenolic OH excluding ortho intramolecular Hbond substituents is 1. The number of phenols is 1. The molecule has 0 radical (unpaired) electrons. The summed E-state index contributed by atoms with van der Waals surface area (Å²) in [5.74, 6) is 0.141. The van der Waals surface area contributed by atoms with Crippen LogP contribution in [-0.4, -0.2) is 12.2 Å². The second-order valence-electron chi connectivity index (χ2n) is 3.40. The van der Waals surface area contributed by atoms with Gasteiger partial charge in [-0.25, -0.2) is 4.39 Å². The molecule has 0 aliphatic heterocycles. The van der Waals surface area contributed by atoms with Gasteiger partial charge in [-0.1, -0.05) is 12.1 Å². The van der Waals surface area contributed by atoms with E-state index in [1.807, 2.05) is 0 Å². The standard InChI is InChI=1S/C13H11FO2/c1-16-11-4-2-3-9(7-11)12-6-5-10(15)8-13(12)14/h2-8,15H,1H3. The van der Waals surface area contributed by atoms with Gasteiger partial charge in [-0.2, -0.15) is 0 Å². The van der Waals surface area contributed by atoms with Crippen LogP contribution in [0.2, 0.25) is 0 Å². The minimum Gasteiger partial charge on any atom is -0.508 e. The lowest BCUT2D eigenvalue weighted by Crippen LogP contribution is -1.86. The highest BCUT2D eigenvalue weighted by Gasteiger charge is 2.06. The predicted molar refractivity (Wildman–Crippen MR) is 60.1 cm³/mol. The molecule has 0 spiro atoms. The smallest absolute Gasteiger partial charge is 0.134 e. The van der Waals surface area contributed by atoms with Crippen LogP contribution in [0.25, 0.3) is 11.1 Å². The lowest BCUT2D eigenvalue weighted by molar-refractivity contribution is 0.415. The topological polar surface area (TPSA) is 29.5 Å². The lowest BCUT2D eigenvalue weighted by Gasteiger charge is -2.06.